The van der Waals surface area contributed by atoms with Crippen molar-refractivity contribution < 1.29 is 4.79 Å². The number of benzene rings is 1. The Balaban J connectivity index is 1.75. The highest BCUT2D eigenvalue weighted by molar-refractivity contribution is 7.10. The summed E-state index contributed by atoms with van der Waals surface area (Å²) in [4.78, 5) is 13.9. The molecule has 2 aliphatic rings. The SMILES string of the molecule is C=C1Nc2ccccc2NC2=C1C(=O)C[C@@H](c1cccs1)C2. The number of hydrogen-bond donors (Lipinski definition) is 2. The third-order valence-corrected chi connectivity index (χ3v) is 5.24. The van der Waals surface area contributed by atoms with E-state index in [1.165, 1.54) is 4.88 Å². The lowest BCUT2D eigenvalue weighted by Crippen LogP contribution is -2.22. The third-order valence-electron chi connectivity index (χ3n) is 4.21. The van der Waals surface area contributed by atoms with Gasteiger partial charge in [0.2, 0.25) is 0 Å². The molecule has 0 fully saturated rings. The number of hydrogen-bond acceptors (Lipinski definition) is 4. The van der Waals surface area contributed by atoms with E-state index >= 15 is 0 Å². The molecule has 22 heavy (non-hydrogen) atoms. The van der Waals surface area contributed by atoms with E-state index in [1.54, 1.807) is 11.3 Å². The molecule has 1 atom stereocenters. The van der Waals surface area contributed by atoms with Gasteiger partial charge in [0.05, 0.1) is 16.9 Å². The molecule has 4 heteroatoms. The predicted octanol–water partition coefficient (Wildman–Crippen LogP) is 4.50. The zero-order valence-electron chi connectivity index (χ0n) is 12.1. The Kier molecular flexibility index (Phi) is 3.12. The van der Waals surface area contributed by atoms with E-state index in [9.17, 15) is 4.79 Å². The zero-order chi connectivity index (χ0) is 15.1. The molecule has 0 radical (unpaired) electrons. The first-order valence-corrected chi connectivity index (χ1v) is 8.22. The largest absolute Gasteiger partial charge is 0.357 e. The smallest absolute Gasteiger partial charge is 0.167 e. The number of para-hydroxylation sites is 2. The predicted molar refractivity (Wildman–Crippen MR) is 91.2 cm³/mol. The standard InChI is InChI=1S/C18H16N2OS/c1-11-18-15(20-14-6-3-2-5-13(14)19-11)9-12(10-16(18)21)17-7-4-8-22-17/h2-8,12,19-20H,1,9-10H2/t12-/m0/s1. The molecule has 110 valence electrons. The molecule has 4 rings (SSSR count). The van der Waals surface area contributed by atoms with Gasteiger partial charge < -0.3 is 10.6 Å². The Morgan fingerprint density at radius 1 is 1.05 bits per heavy atom. The first-order valence-electron chi connectivity index (χ1n) is 7.34. The molecule has 2 heterocycles. The molecule has 3 nitrogen and oxygen atoms in total. The Bertz CT molecular complexity index is 789. The fourth-order valence-electron chi connectivity index (χ4n) is 3.19. The molecule has 2 aromatic rings. The van der Waals surface area contributed by atoms with E-state index in [0.29, 0.717) is 12.1 Å². The minimum atomic E-state index is 0.164. The average molecular weight is 308 g/mol. The van der Waals surface area contributed by atoms with E-state index in [2.05, 4.69) is 28.7 Å². The number of fused-ring (bicyclic) bond motifs is 1. The van der Waals surface area contributed by atoms with Crippen LogP contribution < -0.4 is 10.6 Å². The van der Waals surface area contributed by atoms with Gasteiger partial charge in [0.15, 0.2) is 5.78 Å². The molecule has 0 saturated heterocycles. The van der Waals surface area contributed by atoms with Gasteiger partial charge in [-0.25, -0.2) is 0 Å². The fourth-order valence-corrected chi connectivity index (χ4v) is 4.02. The number of carbonyl (C=O) groups is 1. The summed E-state index contributed by atoms with van der Waals surface area (Å²) in [6, 6.07) is 12.1. The number of ketones is 1. The number of allylic oxidation sites excluding steroid dienone is 2. The van der Waals surface area contributed by atoms with E-state index < -0.39 is 0 Å². The lowest BCUT2D eigenvalue weighted by atomic mass is 9.84. The van der Waals surface area contributed by atoms with Crippen molar-refractivity contribution in [2.45, 2.75) is 18.8 Å². The quantitative estimate of drug-likeness (QED) is 0.815. The van der Waals surface area contributed by atoms with Crippen molar-refractivity contribution in [1.82, 2.24) is 0 Å². The van der Waals surface area contributed by atoms with Gasteiger partial charge in [-0.15, -0.1) is 11.3 Å². The number of anilines is 2. The number of rotatable bonds is 1. The Morgan fingerprint density at radius 2 is 1.82 bits per heavy atom. The lowest BCUT2D eigenvalue weighted by Gasteiger charge is -2.25. The van der Waals surface area contributed by atoms with Gasteiger partial charge in [-0.1, -0.05) is 24.8 Å². The third kappa shape index (κ3) is 2.16. The summed E-state index contributed by atoms with van der Waals surface area (Å²) < 4.78 is 0. The first-order chi connectivity index (χ1) is 10.7. The molecular weight excluding hydrogens is 292 g/mol. The molecule has 1 aliphatic heterocycles. The van der Waals surface area contributed by atoms with Crippen LogP contribution in [0.3, 0.4) is 0 Å². The molecule has 0 amide bonds. The second-order valence-corrected chi connectivity index (χ2v) is 6.65. The lowest BCUT2D eigenvalue weighted by molar-refractivity contribution is -0.116. The fraction of sp³-hybridized carbons (Fsp3) is 0.167. The molecule has 2 N–H and O–H groups in total. The van der Waals surface area contributed by atoms with Crippen molar-refractivity contribution in [3.05, 3.63) is 70.2 Å². The molecule has 0 spiro atoms. The Morgan fingerprint density at radius 3 is 2.55 bits per heavy atom. The summed E-state index contributed by atoms with van der Waals surface area (Å²) in [5.74, 6) is 0.425. The van der Waals surface area contributed by atoms with Gasteiger partial charge in [-0.2, -0.15) is 0 Å². The van der Waals surface area contributed by atoms with Crippen molar-refractivity contribution in [1.29, 1.82) is 0 Å². The van der Waals surface area contributed by atoms with Crippen LogP contribution >= 0.6 is 11.3 Å². The molecule has 1 aromatic heterocycles. The second kappa shape index (κ2) is 5.14. The molecule has 0 unspecified atom stereocenters. The van der Waals surface area contributed by atoms with Gasteiger partial charge in [0.25, 0.3) is 0 Å². The molecule has 1 aliphatic carbocycles. The molecular formula is C18H16N2OS. The topological polar surface area (TPSA) is 41.1 Å². The van der Waals surface area contributed by atoms with Gasteiger partial charge >= 0.3 is 0 Å². The number of Topliss-reactive ketones (excluding diaryl/α,β-unsaturated/α-hetero) is 1. The number of thiophene rings is 1. The highest BCUT2D eigenvalue weighted by Crippen LogP contribution is 2.41. The summed E-state index contributed by atoms with van der Waals surface area (Å²) in [6.07, 6.45) is 1.40. The van der Waals surface area contributed by atoms with Gasteiger partial charge in [-0.3, -0.25) is 4.79 Å². The van der Waals surface area contributed by atoms with Crippen LogP contribution in [0.1, 0.15) is 23.6 Å². The minimum absolute atomic E-state index is 0.164. The Hall–Kier alpha value is -2.33. The van der Waals surface area contributed by atoms with Gasteiger partial charge in [0.1, 0.15) is 0 Å². The zero-order valence-corrected chi connectivity index (χ0v) is 12.9. The first kappa shape index (κ1) is 13.3. The van der Waals surface area contributed by atoms with E-state index in [4.69, 9.17) is 0 Å². The van der Waals surface area contributed by atoms with E-state index in [0.717, 1.165) is 29.1 Å². The highest BCUT2D eigenvalue weighted by Gasteiger charge is 2.32. The summed E-state index contributed by atoms with van der Waals surface area (Å²) >= 11 is 1.72. The maximum absolute atomic E-state index is 12.7. The van der Waals surface area contributed by atoms with Crippen LogP contribution in [-0.2, 0) is 4.79 Å². The summed E-state index contributed by atoms with van der Waals surface area (Å²) in [5.41, 5.74) is 4.36. The average Bonchev–Trinajstić information content (AvgIpc) is 2.98. The van der Waals surface area contributed by atoms with Crippen LogP contribution in [0, 0.1) is 0 Å². The van der Waals surface area contributed by atoms with Crippen LogP contribution in [0.25, 0.3) is 0 Å². The van der Waals surface area contributed by atoms with Crippen LogP contribution in [0.15, 0.2) is 65.3 Å². The van der Waals surface area contributed by atoms with Crippen LogP contribution in [0.4, 0.5) is 11.4 Å². The van der Waals surface area contributed by atoms with Crippen molar-refractivity contribution in [3.8, 4) is 0 Å². The van der Waals surface area contributed by atoms with Crippen LogP contribution in [0.5, 0.6) is 0 Å². The van der Waals surface area contributed by atoms with E-state index in [-0.39, 0.29) is 11.7 Å². The molecule has 1 aromatic carbocycles. The van der Waals surface area contributed by atoms with Crippen LogP contribution in [0.2, 0.25) is 0 Å². The maximum atomic E-state index is 12.7. The minimum Gasteiger partial charge on any atom is -0.357 e. The normalized spacial score (nSPS) is 20.6. The van der Waals surface area contributed by atoms with E-state index in [1.807, 2.05) is 30.3 Å². The van der Waals surface area contributed by atoms with Crippen molar-refractivity contribution in [2.24, 2.45) is 0 Å². The maximum Gasteiger partial charge on any atom is 0.167 e. The highest BCUT2D eigenvalue weighted by atomic mass is 32.1. The second-order valence-electron chi connectivity index (χ2n) is 5.67. The number of carbonyl (C=O) groups excluding carboxylic acids is 1. The number of nitrogens with one attached hydrogen (secondary N) is 2. The van der Waals surface area contributed by atoms with Crippen molar-refractivity contribution in [2.75, 3.05) is 10.6 Å². The Labute approximate surface area is 133 Å². The van der Waals surface area contributed by atoms with Crippen molar-refractivity contribution >= 4 is 28.5 Å². The molecule has 0 bridgehead atoms. The summed E-state index contributed by atoms with van der Waals surface area (Å²) in [6.45, 7) is 4.07. The van der Waals surface area contributed by atoms with Gasteiger partial charge in [0, 0.05) is 28.6 Å². The van der Waals surface area contributed by atoms with Gasteiger partial charge in [-0.05, 0) is 30.0 Å². The van der Waals surface area contributed by atoms with Crippen molar-refractivity contribution in [3.63, 3.8) is 0 Å². The van der Waals surface area contributed by atoms with Crippen LogP contribution in [-0.4, -0.2) is 5.78 Å². The summed E-state index contributed by atoms with van der Waals surface area (Å²) in [7, 11) is 0. The molecule has 0 saturated carbocycles. The summed E-state index contributed by atoms with van der Waals surface area (Å²) in [5, 5.41) is 8.79. The monoisotopic (exact) mass is 308 g/mol.